The zero-order chi connectivity index (χ0) is 12.4. The van der Waals surface area contributed by atoms with E-state index >= 15 is 0 Å². The van der Waals surface area contributed by atoms with Gasteiger partial charge in [-0.05, 0) is 6.42 Å². The summed E-state index contributed by atoms with van der Waals surface area (Å²) in [5.41, 5.74) is -0.292. The molecule has 0 aliphatic heterocycles. The van der Waals surface area contributed by atoms with Crippen LogP contribution >= 0.6 is 0 Å². The minimum absolute atomic E-state index is 0.156. The van der Waals surface area contributed by atoms with Gasteiger partial charge in [-0.2, -0.15) is 0 Å². The van der Waals surface area contributed by atoms with Crippen LogP contribution in [0.1, 0.15) is 24.3 Å². The summed E-state index contributed by atoms with van der Waals surface area (Å²) in [6.07, 6.45) is 2.07. The molecule has 0 aromatic carbocycles. The van der Waals surface area contributed by atoms with Crippen LogP contribution in [-0.2, 0) is 13.0 Å². The molecule has 0 amide bonds. The molecule has 0 atom stereocenters. The smallest absolute Gasteiger partial charge is 0.328 e. The van der Waals surface area contributed by atoms with Crippen LogP contribution in [0.3, 0.4) is 0 Å². The quantitative estimate of drug-likeness (QED) is 0.799. The molecular weight excluding hydrogens is 224 g/mol. The third-order valence-electron chi connectivity index (χ3n) is 2.34. The summed E-state index contributed by atoms with van der Waals surface area (Å²) in [4.78, 5) is 25.1. The van der Waals surface area contributed by atoms with E-state index in [9.17, 15) is 9.59 Å². The first-order valence-electron chi connectivity index (χ1n) is 5.21. The molecule has 0 fully saturated rings. The SMILES string of the molecule is CCc1cn(Cc2nnc(C)o2)c(=O)[nH]c1=O. The molecule has 90 valence electrons. The molecule has 2 heterocycles. The molecule has 7 heteroatoms. The highest BCUT2D eigenvalue weighted by atomic mass is 16.4. The highest BCUT2D eigenvalue weighted by Crippen LogP contribution is 1.99. The van der Waals surface area contributed by atoms with Crippen LogP contribution in [0, 0.1) is 6.92 Å². The Morgan fingerprint density at radius 1 is 1.41 bits per heavy atom. The van der Waals surface area contributed by atoms with Crippen molar-refractivity contribution in [3.8, 4) is 0 Å². The zero-order valence-electron chi connectivity index (χ0n) is 9.56. The van der Waals surface area contributed by atoms with Crippen molar-refractivity contribution in [1.82, 2.24) is 19.7 Å². The Bertz CT molecular complexity index is 637. The number of nitrogens with zero attached hydrogens (tertiary/aromatic N) is 3. The van der Waals surface area contributed by atoms with E-state index in [0.717, 1.165) is 0 Å². The van der Waals surface area contributed by atoms with Crippen LogP contribution in [0.4, 0.5) is 0 Å². The van der Waals surface area contributed by atoms with Crippen molar-refractivity contribution in [2.75, 3.05) is 0 Å². The lowest BCUT2D eigenvalue weighted by Gasteiger charge is -2.03. The number of nitrogens with one attached hydrogen (secondary N) is 1. The second kappa shape index (κ2) is 4.36. The van der Waals surface area contributed by atoms with E-state index in [4.69, 9.17) is 4.42 Å². The molecule has 0 radical (unpaired) electrons. The number of aromatic nitrogens is 4. The minimum Gasteiger partial charge on any atom is -0.424 e. The Kier molecular flexibility index (Phi) is 2.90. The Morgan fingerprint density at radius 2 is 2.18 bits per heavy atom. The molecule has 7 nitrogen and oxygen atoms in total. The highest BCUT2D eigenvalue weighted by Gasteiger charge is 2.07. The predicted octanol–water partition coefficient (Wildman–Crippen LogP) is -0.161. The summed E-state index contributed by atoms with van der Waals surface area (Å²) in [7, 11) is 0. The van der Waals surface area contributed by atoms with E-state index in [1.54, 1.807) is 6.92 Å². The Labute approximate surface area is 96.1 Å². The molecule has 1 N–H and O–H groups in total. The number of H-pyrrole nitrogens is 1. The first-order chi connectivity index (χ1) is 8.10. The van der Waals surface area contributed by atoms with Gasteiger partial charge in [-0.15, -0.1) is 10.2 Å². The van der Waals surface area contributed by atoms with E-state index in [2.05, 4.69) is 15.2 Å². The first-order valence-corrected chi connectivity index (χ1v) is 5.21. The van der Waals surface area contributed by atoms with E-state index < -0.39 is 5.69 Å². The second-order valence-electron chi connectivity index (χ2n) is 3.61. The van der Waals surface area contributed by atoms with Gasteiger partial charge in [-0.1, -0.05) is 6.92 Å². The summed E-state index contributed by atoms with van der Waals surface area (Å²) in [6.45, 7) is 3.67. The second-order valence-corrected chi connectivity index (χ2v) is 3.61. The van der Waals surface area contributed by atoms with Gasteiger partial charge in [-0.3, -0.25) is 14.3 Å². The number of hydrogen-bond donors (Lipinski definition) is 1. The predicted molar refractivity (Wildman–Crippen MR) is 58.8 cm³/mol. The standard InChI is InChI=1S/C10H12N4O3/c1-3-7-4-14(10(16)11-9(7)15)5-8-13-12-6(2)17-8/h4H,3,5H2,1-2H3,(H,11,15,16). The van der Waals surface area contributed by atoms with E-state index in [0.29, 0.717) is 23.8 Å². The van der Waals surface area contributed by atoms with Crippen LogP contribution in [0.2, 0.25) is 0 Å². The number of aryl methyl sites for hydroxylation is 2. The van der Waals surface area contributed by atoms with Gasteiger partial charge in [0.2, 0.25) is 11.8 Å². The van der Waals surface area contributed by atoms with E-state index in [-0.39, 0.29) is 12.1 Å². The summed E-state index contributed by atoms with van der Waals surface area (Å²) < 4.78 is 6.51. The zero-order valence-corrected chi connectivity index (χ0v) is 9.56. The fourth-order valence-electron chi connectivity index (χ4n) is 1.47. The van der Waals surface area contributed by atoms with Gasteiger partial charge >= 0.3 is 5.69 Å². The molecule has 0 unspecified atom stereocenters. The van der Waals surface area contributed by atoms with Crippen molar-refractivity contribution < 1.29 is 4.42 Å². The van der Waals surface area contributed by atoms with Gasteiger partial charge in [0.15, 0.2) is 0 Å². The third-order valence-corrected chi connectivity index (χ3v) is 2.34. The van der Waals surface area contributed by atoms with E-state index in [1.807, 2.05) is 6.92 Å². The molecule has 2 rings (SSSR count). The average Bonchev–Trinajstić information content (AvgIpc) is 2.68. The van der Waals surface area contributed by atoms with Crippen molar-refractivity contribution >= 4 is 0 Å². The summed E-state index contributed by atoms with van der Waals surface area (Å²) >= 11 is 0. The molecule has 0 aliphatic carbocycles. The molecular formula is C10H12N4O3. The Morgan fingerprint density at radius 3 is 2.76 bits per heavy atom. The van der Waals surface area contributed by atoms with Crippen LogP contribution < -0.4 is 11.2 Å². The van der Waals surface area contributed by atoms with Crippen molar-refractivity contribution in [3.05, 3.63) is 44.4 Å². The largest absolute Gasteiger partial charge is 0.424 e. The van der Waals surface area contributed by atoms with Gasteiger partial charge in [0.1, 0.15) is 6.54 Å². The Hall–Kier alpha value is -2.18. The lowest BCUT2D eigenvalue weighted by atomic mass is 10.3. The molecule has 0 saturated heterocycles. The number of hydrogen-bond acceptors (Lipinski definition) is 5. The molecule has 2 aromatic rings. The summed E-state index contributed by atoms with van der Waals surface area (Å²) in [5.74, 6) is 0.770. The Balaban J connectivity index is 2.39. The number of aromatic amines is 1. The maximum absolute atomic E-state index is 11.5. The maximum atomic E-state index is 11.5. The average molecular weight is 236 g/mol. The van der Waals surface area contributed by atoms with Crippen LogP contribution in [0.5, 0.6) is 0 Å². The van der Waals surface area contributed by atoms with Gasteiger partial charge < -0.3 is 4.42 Å². The molecule has 0 saturated carbocycles. The van der Waals surface area contributed by atoms with Crippen molar-refractivity contribution in [1.29, 1.82) is 0 Å². The van der Waals surface area contributed by atoms with Gasteiger partial charge in [0, 0.05) is 18.7 Å². The lowest BCUT2D eigenvalue weighted by molar-refractivity contribution is 0.449. The summed E-state index contributed by atoms with van der Waals surface area (Å²) in [6, 6.07) is 0. The van der Waals surface area contributed by atoms with Crippen LogP contribution in [-0.4, -0.2) is 19.7 Å². The normalized spacial score (nSPS) is 10.7. The fourth-order valence-corrected chi connectivity index (χ4v) is 1.47. The lowest BCUT2D eigenvalue weighted by Crippen LogP contribution is -2.31. The summed E-state index contributed by atoms with van der Waals surface area (Å²) in [5, 5.41) is 7.46. The van der Waals surface area contributed by atoms with Crippen LogP contribution in [0.15, 0.2) is 20.2 Å². The minimum atomic E-state index is -0.483. The van der Waals surface area contributed by atoms with Gasteiger partial charge in [0.25, 0.3) is 5.56 Å². The molecule has 0 aliphatic rings. The monoisotopic (exact) mass is 236 g/mol. The van der Waals surface area contributed by atoms with Gasteiger partial charge in [0.05, 0.1) is 0 Å². The van der Waals surface area contributed by atoms with Crippen LogP contribution in [0.25, 0.3) is 0 Å². The maximum Gasteiger partial charge on any atom is 0.328 e. The van der Waals surface area contributed by atoms with Crippen molar-refractivity contribution in [2.45, 2.75) is 26.8 Å². The fraction of sp³-hybridized carbons (Fsp3) is 0.400. The highest BCUT2D eigenvalue weighted by molar-refractivity contribution is 5.04. The molecule has 17 heavy (non-hydrogen) atoms. The van der Waals surface area contributed by atoms with Gasteiger partial charge in [-0.25, -0.2) is 4.79 Å². The van der Waals surface area contributed by atoms with Crippen molar-refractivity contribution in [3.63, 3.8) is 0 Å². The molecule has 0 bridgehead atoms. The molecule has 0 spiro atoms. The van der Waals surface area contributed by atoms with Crippen molar-refractivity contribution in [2.24, 2.45) is 0 Å². The molecule has 2 aromatic heterocycles. The number of rotatable bonds is 3. The third kappa shape index (κ3) is 2.32. The van der Waals surface area contributed by atoms with E-state index in [1.165, 1.54) is 10.8 Å². The topological polar surface area (TPSA) is 93.8 Å². The first kappa shape index (κ1) is 11.3.